The molecule has 0 saturated heterocycles. The Morgan fingerprint density at radius 1 is 1.35 bits per heavy atom. The van der Waals surface area contributed by atoms with E-state index in [1.54, 1.807) is 38.1 Å². The van der Waals surface area contributed by atoms with E-state index >= 15 is 0 Å². The Morgan fingerprint density at radius 2 is 2.00 bits per heavy atom. The van der Waals surface area contributed by atoms with Crippen LogP contribution in [0.2, 0.25) is 0 Å². The Hall–Kier alpha value is -1.76. The Morgan fingerprint density at radius 3 is 2.60 bits per heavy atom. The van der Waals surface area contributed by atoms with Gasteiger partial charge in [-0.3, -0.25) is 5.32 Å². The number of benzene rings is 1. The van der Waals surface area contributed by atoms with Gasteiger partial charge in [0.05, 0.1) is 12.9 Å². The molecule has 0 bridgehead atoms. The molecule has 6 nitrogen and oxygen atoms in total. The van der Waals surface area contributed by atoms with Crippen LogP contribution in [-0.4, -0.2) is 39.2 Å². The monoisotopic (exact) mass is 300 g/mol. The van der Waals surface area contributed by atoms with Gasteiger partial charge in [-0.1, -0.05) is 13.0 Å². The number of sulfone groups is 1. The number of carbonyl (C=O) groups is 1. The molecule has 2 N–H and O–H groups in total. The van der Waals surface area contributed by atoms with Crippen molar-refractivity contribution in [2.45, 2.75) is 19.9 Å². The van der Waals surface area contributed by atoms with E-state index in [9.17, 15) is 13.2 Å². The van der Waals surface area contributed by atoms with Crippen LogP contribution in [0.3, 0.4) is 0 Å². The van der Waals surface area contributed by atoms with Gasteiger partial charge in [0.25, 0.3) is 0 Å². The Kier molecular flexibility index (Phi) is 5.82. The minimum absolute atomic E-state index is 0.0676. The standard InChI is InChI=1S/C13H20N2O4S/c1-4-20(17,18)9-10(2)14-11-6-5-7-12(8-11)15-13(16)19-3/h5-8,10,14H,4,9H2,1-3H3,(H,15,16). The first-order valence-electron chi connectivity index (χ1n) is 6.28. The SMILES string of the molecule is CCS(=O)(=O)CC(C)Nc1cccc(NC(=O)OC)c1. The van der Waals surface area contributed by atoms with Gasteiger partial charge in [-0.2, -0.15) is 0 Å². The van der Waals surface area contributed by atoms with Crippen LogP contribution in [0.25, 0.3) is 0 Å². The molecule has 0 aliphatic heterocycles. The van der Waals surface area contributed by atoms with Gasteiger partial charge in [0.2, 0.25) is 0 Å². The summed E-state index contributed by atoms with van der Waals surface area (Å²) in [7, 11) is -1.74. The Balaban J connectivity index is 2.68. The average molecular weight is 300 g/mol. The number of methoxy groups -OCH3 is 1. The van der Waals surface area contributed by atoms with E-state index in [0.717, 1.165) is 5.69 Å². The molecule has 1 aromatic carbocycles. The van der Waals surface area contributed by atoms with Crippen LogP contribution < -0.4 is 10.6 Å². The molecule has 1 amide bonds. The maximum absolute atomic E-state index is 11.5. The first-order chi connectivity index (χ1) is 9.36. The van der Waals surface area contributed by atoms with Crippen LogP contribution in [-0.2, 0) is 14.6 Å². The lowest BCUT2D eigenvalue weighted by molar-refractivity contribution is 0.187. The van der Waals surface area contributed by atoms with E-state index in [4.69, 9.17) is 0 Å². The highest BCUT2D eigenvalue weighted by Gasteiger charge is 2.13. The van der Waals surface area contributed by atoms with Crippen molar-refractivity contribution >= 4 is 27.3 Å². The molecule has 0 aliphatic rings. The first kappa shape index (κ1) is 16.3. The highest BCUT2D eigenvalue weighted by Crippen LogP contribution is 2.16. The van der Waals surface area contributed by atoms with Gasteiger partial charge in [-0.05, 0) is 25.1 Å². The van der Waals surface area contributed by atoms with Crippen molar-refractivity contribution in [3.05, 3.63) is 24.3 Å². The van der Waals surface area contributed by atoms with Gasteiger partial charge >= 0.3 is 6.09 Å². The van der Waals surface area contributed by atoms with Crippen molar-refractivity contribution in [2.24, 2.45) is 0 Å². The Labute approximate surface area is 119 Å². The molecule has 1 rings (SSSR count). The summed E-state index contributed by atoms with van der Waals surface area (Å²) in [6.45, 7) is 3.43. The molecule has 7 heteroatoms. The predicted molar refractivity (Wildman–Crippen MR) is 79.9 cm³/mol. The molecule has 0 radical (unpaired) electrons. The summed E-state index contributed by atoms with van der Waals surface area (Å²) < 4.78 is 27.6. The zero-order chi connectivity index (χ0) is 15.2. The van der Waals surface area contributed by atoms with Crippen LogP contribution in [0.1, 0.15) is 13.8 Å². The van der Waals surface area contributed by atoms with Crippen LogP contribution in [0.4, 0.5) is 16.2 Å². The third kappa shape index (κ3) is 5.48. The molecule has 0 fully saturated rings. The first-order valence-corrected chi connectivity index (χ1v) is 8.10. The lowest BCUT2D eigenvalue weighted by atomic mass is 10.2. The molecule has 0 heterocycles. The van der Waals surface area contributed by atoms with Gasteiger partial charge in [0, 0.05) is 23.2 Å². The molecule has 0 aromatic heterocycles. The Bertz CT molecular complexity index is 557. The molecule has 1 aromatic rings. The smallest absolute Gasteiger partial charge is 0.411 e. The summed E-state index contributed by atoms with van der Waals surface area (Å²) in [5, 5.41) is 5.64. The van der Waals surface area contributed by atoms with Gasteiger partial charge in [0.1, 0.15) is 0 Å². The summed E-state index contributed by atoms with van der Waals surface area (Å²) in [6, 6.07) is 6.78. The summed E-state index contributed by atoms with van der Waals surface area (Å²) in [5.41, 5.74) is 1.31. The average Bonchev–Trinajstić information content (AvgIpc) is 2.38. The number of amides is 1. The van der Waals surface area contributed by atoms with Gasteiger partial charge < -0.3 is 10.1 Å². The van der Waals surface area contributed by atoms with Gasteiger partial charge in [-0.25, -0.2) is 13.2 Å². The molecule has 1 unspecified atom stereocenters. The van der Waals surface area contributed by atoms with E-state index in [-0.39, 0.29) is 17.5 Å². The molecule has 0 spiro atoms. The fraction of sp³-hybridized carbons (Fsp3) is 0.462. The van der Waals surface area contributed by atoms with E-state index < -0.39 is 15.9 Å². The van der Waals surface area contributed by atoms with E-state index in [2.05, 4.69) is 15.4 Å². The lowest BCUT2D eigenvalue weighted by Gasteiger charge is -2.15. The van der Waals surface area contributed by atoms with Crippen molar-refractivity contribution < 1.29 is 17.9 Å². The number of hydrogen-bond acceptors (Lipinski definition) is 5. The van der Waals surface area contributed by atoms with E-state index in [1.807, 2.05) is 0 Å². The van der Waals surface area contributed by atoms with Crippen LogP contribution >= 0.6 is 0 Å². The highest BCUT2D eigenvalue weighted by molar-refractivity contribution is 7.91. The van der Waals surface area contributed by atoms with Crippen molar-refractivity contribution in [1.29, 1.82) is 0 Å². The third-order valence-electron chi connectivity index (χ3n) is 2.65. The zero-order valence-corrected chi connectivity index (χ0v) is 12.7. The molecule has 112 valence electrons. The van der Waals surface area contributed by atoms with Gasteiger partial charge in [0.15, 0.2) is 9.84 Å². The van der Waals surface area contributed by atoms with Gasteiger partial charge in [-0.15, -0.1) is 0 Å². The summed E-state index contributed by atoms with van der Waals surface area (Å²) in [5.74, 6) is 0.196. The summed E-state index contributed by atoms with van der Waals surface area (Å²) in [4.78, 5) is 11.1. The second kappa shape index (κ2) is 7.14. The lowest BCUT2D eigenvalue weighted by Crippen LogP contribution is -2.26. The molecule has 1 atom stereocenters. The third-order valence-corrected chi connectivity index (χ3v) is 4.54. The van der Waals surface area contributed by atoms with Crippen molar-refractivity contribution in [3.8, 4) is 0 Å². The maximum Gasteiger partial charge on any atom is 0.411 e. The second-order valence-electron chi connectivity index (χ2n) is 4.44. The topological polar surface area (TPSA) is 84.5 Å². The molecule has 0 saturated carbocycles. The normalized spacial score (nSPS) is 12.6. The maximum atomic E-state index is 11.5. The molecular formula is C13H20N2O4S. The van der Waals surface area contributed by atoms with Crippen molar-refractivity contribution in [3.63, 3.8) is 0 Å². The van der Waals surface area contributed by atoms with Crippen LogP contribution in [0, 0.1) is 0 Å². The number of anilines is 2. The minimum atomic E-state index is -3.02. The van der Waals surface area contributed by atoms with E-state index in [1.165, 1.54) is 7.11 Å². The molecule has 20 heavy (non-hydrogen) atoms. The number of nitrogens with one attached hydrogen (secondary N) is 2. The summed E-state index contributed by atoms with van der Waals surface area (Å²) in [6.07, 6.45) is -0.552. The fourth-order valence-corrected chi connectivity index (χ4v) is 2.76. The van der Waals surface area contributed by atoms with Crippen LogP contribution in [0.15, 0.2) is 24.3 Å². The minimum Gasteiger partial charge on any atom is -0.453 e. The number of ether oxygens (including phenoxy) is 1. The van der Waals surface area contributed by atoms with Crippen molar-refractivity contribution in [1.82, 2.24) is 0 Å². The fourth-order valence-electron chi connectivity index (χ4n) is 1.68. The number of rotatable bonds is 6. The predicted octanol–water partition coefficient (Wildman–Crippen LogP) is 2.10. The largest absolute Gasteiger partial charge is 0.453 e. The molecule has 0 aliphatic carbocycles. The molecular weight excluding hydrogens is 280 g/mol. The quantitative estimate of drug-likeness (QED) is 0.840. The zero-order valence-electron chi connectivity index (χ0n) is 11.8. The number of hydrogen-bond donors (Lipinski definition) is 2. The number of carbonyl (C=O) groups excluding carboxylic acids is 1. The van der Waals surface area contributed by atoms with Crippen LogP contribution in [0.5, 0.6) is 0 Å². The second-order valence-corrected chi connectivity index (χ2v) is 6.84. The van der Waals surface area contributed by atoms with E-state index in [0.29, 0.717) is 5.69 Å². The highest BCUT2D eigenvalue weighted by atomic mass is 32.2. The summed E-state index contributed by atoms with van der Waals surface area (Å²) >= 11 is 0. The van der Waals surface area contributed by atoms with Crippen molar-refractivity contribution in [2.75, 3.05) is 29.2 Å².